The molecule has 1 atom stereocenters. The van der Waals surface area contributed by atoms with Gasteiger partial charge in [-0.2, -0.15) is 0 Å². The maximum absolute atomic E-state index is 14.0. The molecule has 0 spiro atoms. The van der Waals surface area contributed by atoms with Crippen LogP contribution in [0.15, 0.2) is 41.6 Å². The number of rotatable bonds is 6. The van der Waals surface area contributed by atoms with Crippen molar-refractivity contribution in [1.29, 1.82) is 0 Å². The highest BCUT2D eigenvalue weighted by Gasteiger charge is 2.29. The van der Waals surface area contributed by atoms with Crippen LogP contribution in [0.25, 0.3) is 0 Å². The molecule has 0 saturated heterocycles. The van der Waals surface area contributed by atoms with Crippen LogP contribution in [0, 0.1) is 29.2 Å². The molecule has 0 aromatic heterocycles. The molecule has 0 bridgehead atoms. The number of benzene rings is 2. The molecule has 2 aromatic rings. The van der Waals surface area contributed by atoms with E-state index in [1.165, 1.54) is 17.0 Å². The summed E-state index contributed by atoms with van der Waals surface area (Å²) in [6, 6.07) is 6.34. The molecule has 2 aromatic carbocycles. The fourth-order valence-electron chi connectivity index (χ4n) is 3.11. The van der Waals surface area contributed by atoms with Crippen molar-refractivity contribution in [3.63, 3.8) is 0 Å². The summed E-state index contributed by atoms with van der Waals surface area (Å²) in [5, 5.41) is 3.86. The predicted molar refractivity (Wildman–Crippen MR) is 99.0 cm³/mol. The van der Waals surface area contributed by atoms with Gasteiger partial charge in [-0.25, -0.2) is 17.6 Å². The van der Waals surface area contributed by atoms with Crippen molar-refractivity contribution in [1.82, 2.24) is 4.90 Å². The highest BCUT2D eigenvalue weighted by Crippen LogP contribution is 2.22. The molecule has 0 unspecified atom stereocenters. The minimum absolute atomic E-state index is 0.0662. The Kier molecular flexibility index (Phi) is 6.20. The zero-order valence-electron chi connectivity index (χ0n) is 16.0. The Bertz CT molecular complexity index is 946. The van der Waals surface area contributed by atoms with Gasteiger partial charge >= 0.3 is 0 Å². The van der Waals surface area contributed by atoms with E-state index in [0.29, 0.717) is 5.71 Å². The summed E-state index contributed by atoms with van der Waals surface area (Å²) < 4.78 is 54.3. The van der Waals surface area contributed by atoms with E-state index in [4.69, 9.17) is 4.84 Å². The Labute approximate surface area is 165 Å². The Morgan fingerprint density at radius 2 is 1.76 bits per heavy atom. The van der Waals surface area contributed by atoms with Gasteiger partial charge in [0.15, 0.2) is 6.10 Å². The summed E-state index contributed by atoms with van der Waals surface area (Å²) in [5.74, 6) is -3.49. The van der Waals surface area contributed by atoms with Gasteiger partial charge in [0.05, 0.1) is 12.3 Å². The second-order valence-corrected chi connectivity index (χ2v) is 7.20. The standard InChI is InChI=1S/C21H20F4N2O2/c1-12(2)21(28)27(10-13-3-4-14(22)7-18(13)24)11-16-9-20(26-29-16)17-6-5-15(23)8-19(17)25/h3-8,12,16H,9-11H2,1-2H3/t16-/m1/s1. The molecule has 0 saturated carbocycles. The van der Waals surface area contributed by atoms with Crippen LogP contribution >= 0.6 is 0 Å². The van der Waals surface area contributed by atoms with Crippen molar-refractivity contribution < 1.29 is 27.2 Å². The summed E-state index contributed by atoms with van der Waals surface area (Å²) >= 11 is 0. The number of halogens is 4. The highest BCUT2D eigenvalue weighted by atomic mass is 19.1. The van der Waals surface area contributed by atoms with E-state index in [1.54, 1.807) is 13.8 Å². The lowest BCUT2D eigenvalue weighted by molar-refractivity contribution is -0.137. The van der Waals surface area contributed by atoms with Crippen molar-refractivity contribution in [2.75, 3.05) is 6.54 Å². The molecule has 1 amide bonds. The third-order valence-corrected chi connectivity index (χ3v) is 4.58. The third kappa shape index (κ3) is 4.93. The minimum atomic E-state index is -0.753. The maximum Gasteiger partial charge on any atom is 0.225 e. The van der Waals surface area contributed by atoms with Crippen molar-refractivity contribution in [3.05, 3.63) is 70.8 Å². The molecule has 0 fully saturated rings. The van der Waals surface area contributed by atoms with E-state index in [9.17, 15) is 22.4 Å². The fraction of sp³-hybridized carbons (Fsp3) is 0.333. The largest absolute Gasteiger partial charge is 0.390 e. The molecule has 4 nitrogen and oxygen atoms in total. The first-order valence-electron chi connectivity index (χ1n) is 9.15. The molecule has 1 heterocycles. The van der Waals surface area contributed by atoms with Crippen molar-refractivity contribution in [2.45, 2.75) is 32.9 Å². The topological polar surface area (TPSA) is 41.9 Å². The average Bonchev–Trinajstić information content (AvgIpc) is 3.10. The molecule has 1 aliphatic rings. The summed E-state index contributed by atoms with van der Waals surface area (Å²) in [4.78, 5) is 19.3. The normalized spacial score (nSPS) is 16.0. The SMILES string of the molecule is CC(C)C(=O)N(Cc1ccc(F)cc1F)C[C@H]1CC(c2ccc(F)cc2F)=NO1. The number of hydrogen-bond acceptors (Lipinski definition) is 3. The van der Waals surface area contributed by atoms with Crippen LogP contribution in [0.2, 0.25) is 0 Å². The van der Waals surface area contributed by atoms with Crippen molar-refractivity contribution in [2.24, 2.45) is 11.1 Å². The number of nitrogens with zero attached hydrogens (tertiary/aromatic N) is 2. The highest BCUT2D eigenvalue weighted by molar-refractivity contribution is 6.01. The van der Waals surface area contributed by atoms with E-state index in [1.807, 2.05) is 0 Å². The van der Waals surface area contributed by atoms with Gasteiger partial charge < -0.3 is 9.74 Å². The average molecular weight is 408 g/mol. The Hall–Kier alpha value is -2.90. The van der Waals surface area contributed by atoms with Gasteiger partial charge in [-0.15, -0.1) is 0 Å². The number of carbonyl (C=O) groups excluding carboxylic acids is 1. The second kappa shape index (κ2) is 8.63. The van der Waals surface area contributed by atoms with Crippen LogP contribution in [0.4, 0.5) is 17.6 Å². The van der Waals surface area contributed by atoms with Crippen molar-refractivity contribution >= 4 is 11.6 Å². The number of carbonyl (C=O) groups is 1. The molecular formula is C21H20F4N2O2. The zero-order chi connectivity index (χ0) is 21.1. The first-order valence-corrected chi connectivity index (χ1v) is 9.15. The van der Waals surface area contributed by atoms with Crippen LogP contribution in [-0.4, -0.2) is 29.2 Å². The second-order valence-electron chi connectivity index (χ2n) is 7.20. The van der Waals surface area contributed by atoms with Gasteiger partial charge in [0.25, 0.3) is 0 Å². The van der Waals surface area contributed by atoms with E-state index in [2.05, 4.69) is 5.16 Å². The molecule has 1 aliphatic heterocycles. The lowest BCUT2D eigenvalue weighted by Gasteiger charge is -2.26. The molecular weight excluding hydrogens is 388 g/mol. The van der Waals surface area contributed by atoms with Gasteiger partial charge in [-0.3, -0.25) is 4.79 Å². The molecule has 0 aliphatic carbocycles. The zero-order valence-corrected chi connectivity index (χ0v) is 16.0. The first kappa shape index (κ1) is 20.8. The summed E-state index contributed by atoms with van der Waals surface area (Å²) in [6.45, 7) is 3.44. The maximum atomic E-state index is 14.0. The van der Waals surface area contributed by atoms with E-state index >= 15 is 0 Å². The smallest absolute Gasteiger partial charge is 0.225 e. The van der Waals surface area contributed by atoms with Crippen LogP contribution in [0.3, 0.4) is 0 Å². The number of oxime groups is 1. The van der Waals surface area contributed by atoms with E-state index < -0.39 is 29.4 Å². The van der Waals surface area contributed by atoms with Crippen molar-refractivity contribution in [3.8, 4) is 0 Å². The third-order valence-electron chi connectivity index (χ3n) is 4.58. The van der Waals surface area contributed by atoms with Gasteiger partial charge in [-0.1, -0.05) is 25.1 Å². The molecule has 0 N–H and O–H groups in total. The van der Waals surface area contributed by atoms with Crippen LogP contribution in [0.5, 0.6) is 0 Å². The number of amides is 1. The Balaban J connectivity index is 1.73. The van der Waals surface area contributed by atoms with Crippen LogP contribution in [-0.2, 0) is 16.2 Å². The summed E-state index contributed by atoms with van der Waals surface area (Å²) in [6.07, 6.45) is -0.364. The summed E-state index contributed by atoms with van der Waals surface area (Å²) in [5.41, 5.74) is 0.599. The fourth-order valence-corrected chi connectivity index (χ4v) is 3.11. The molecule has 8 heteroatoms. The molecule has 29 heavy (non-hydrogen) atoms. The monoisotopic (exact) mass is 408 g/mol. The van der Waals surface area contributed by atoms with E-state index in [-0.39, 0.29) is 42.5 Å². The van der Waals surface area contributed by atoms with Gasteiger partial charge in [-0.05, 0) is 18.2 Å². The van der Waals surface area contributed by atoms with E-state index in [0.717, 1.165) is 24.3 Å². The lowest BCUT2D eigenvalue weighted by atomic mass is 10.0. The van der Waals surface area contributed by atoms with Gasteiger partial charge in [0.2, 0.25) is 5.91 Å². The van der Waals surface area contributed by atoms with Gasteiger partial charge in [0, 0.05) is 42.1 Å². The number of hydrogen-bond donors (Lipinski definition) is 0. The summed E-state index contributed by atoms with van der Waals surface area (Å²) in [7, 11) is 0. The van der Waals surface area contributed by atoms with Crippen LogP contribution < -0.4 is 0 Å². The van der Waals surface area contributed by atoms with Gasteiger partial charge in [0.1, 0.15) is 23.3 Å². The predicted octanol–water partition coefficient (Wildman–Crippen LogP) is 4.42. The minimum Gasteiger partial charge on any atom is -0.390 e. The first-order chi connectivity index (χ1) is 13.7. The quantitative estimate of drug-likeness (QED) is 0.664. The molecule has 154 valence electrons. The molecule has 3 rings (SSSR count). The molecule has 0 radical (unpaired) electrons. The lowest BCUT2D eigenvalue weighted by Crippen LogP contribution is -2.39. The van der Waals surface area contributed by atoms with Crippen LogP contribution in [0.1, 0.15) is 31.4 Å². The Morgan fingerprint density at radius 3 is 2.38 bits per heavy atom. The Morgan fingerprint density at radius 1 is 1.10 bits per heavy atom.